The van der Waals surface area contributed by atoms with Gasteiger partial charge in [-0.15, -0.1) is 23.2 Å². The Morgan fingerprint density at radius 2 is 0.608 bits per heavy atom. The van der Waals surface area contributed by atoms with Crippen molar-refractivity contribution in [3.63, 3.8) is 0 Å². The summed E-state index contributed by atoms with van der Waals surface area (Å²) in [4.78, 5) is 50.0. The first-order chi connectivity index (χ1) is 38.1. The lowest BCUT2D eigenvalue weighted by molar-refractivity contribution is -0.135. The van der Waals surface area contributed by atoms with E-state index in [-0.39, 0.29) is 11.8 Å². The number of benzene rings is 4. The molecule has 4 aromatic carbocycles. The van der Waals surface area contributed by atoms with E-state index in [1.807, 2.05) is 38.1 Å². The van der Waals surface area contributed by atoms with Crippen LogP contribution in [0.15, 0.2) is 97.1 Å². The van der Waals surface area contributed by atoms with E-state index in [9.17, 15) is 19.2 Å². The maximum Gasteiger partial charge on any atom is 0.343 e. The first-order valence-electron chi connectivity index (χ1n) is 29.9. The fourth-order valence-electron chi connectivity index (χ4n) is 8.68. The van der Waals surface area contributed by atoms with Crippen LogP contribution in [-0.2, 0) is 9.59 Å². The number of ether oxygens (including phenoxy) is 6. The van der Waals surface area contributed by atoms with Gasteiger partial charge < -0.3 is 28.4 Å². The van der Waals surface area contributed by atoms with Crippen LogP contribution < -0.4 is 28.4 Å². The first kappa shape index (κ1) is 68.2. The minimum absolute atomic E-state index is 0.0221. The lowest BCUT2D eigenvalue weighted by Gasteiger charge is -2.17. The van der Waals surface area contributed by atoms with E-state index in [2.05, 4.69) is 41.5 Å². The zero-order valence-electron chi connectivity index (χ0n) is 49.2. The van der Waals surface area contributed by atoms with Crippen molar-refractivity contribution >= 4 is 47.1 Å². The molecule has 4 rings (SSSR count). The Hall–Kier alpha value is -5.06. The van der Waals surface area contributed by atoms with Crippen LogP contribution in [0.5, 0.6) is 34.5 Å². The largest absolute Gasteiger partial charge is 0.494 e. The summed E-state index contributed by atoms with van der Waals surface area (Å²) in [7, 11) is 0. The first-order valence-corrected chi connectivity index (χ1v) is 30.8. The van der Waals surface area contributed by atoms with Crippen LogP contribution >= 0.6 is 23.2 Å². The molecule has 0 aromatic heterocycles. The molecular formula is C67H96Cl2O10. The zero-order chi connectivity index (χ0) is 57.6. The highest BCUT2D eigenvalue weighted by Crippen LogP contribution is 2.26. The Bertz CT molecular complexity index is 2250. The number of hydrogen-bond acceptors (Lipinski definition) is 10. The normalized spacial score (nSPS) is 12.7. The molecule has 0 heterocycles. The Morgan fingerprint density at radius 3 is 0.911 bits per heavy atom. The molecule has 0 fully saturated rings. The minimum atomic E-state index is -0.714. The maximum absolute atomic E-state index is 12.6. The molecule has 0 aliphatic carbocycles. The van der Waals surface area contributed by atoms with Crippen molar-refractivity contribution in [3.05, 3.63) is 108 Å². The maximum atomic E-state index is 12.6. The van der Waals surface area contributed by atoms with Crippen LogP contribution in [0.3, 0.4) is 0 Å². The van der Waals surface area contributed by atoms with Crippen molar-refractivity contribution in [1.82, 2.24) is 0 Å². The van der Waals surface area contributed by atoms with Gasteiger partial charge in [0.2, 0.25) is 0 Å². The van der Waals surface area contributed by atoms with Crippen LogP contribution in [-0.4, -0.2) is 47.8 Å². The lowest BCUT2D eigenvalue weighted by Crippen LogP contribution is -2.27. The molecule has 4 atom stereocenters. The predicted octanol–water partition coefficient (Wildman–Crippen LogP) is 19.2. The molecule has 4 unspecified atom stereocenters. The van der Waals surface area contributed by atoms with E-state index in [0.717, 1.165) is 62.9 Å². The van der Waals surface area contributed by atoms with Crippen molar-refractivity contribution in [3.8, 4) is 34.5 Å². The Labute approximate surface area is 485 Å². The monoisotopic (exact) mass is 1130 g/mol. The number of carbonyl (C=O) groups excluding carboxylic acids is 4. The summed E-state index contributed by atoms with van der Waals surface area (Å²) >= 11 is 12.7. The van der Waals surface area contributed by atoms with Crippen LogP contribution in [0.2, 0.25) is 0 Å². The molecule has 438 valence electrons. The summed E-state index contributed by atoms with van der Waals surface area (Å²) < 4.78 is 33.4. The van der Waals surface area contributed by atoms with Gasteiger partial charge in [0.05, 0.1) is 24.3 Å². The molecule has 0 spiro atoms. The number of unbranched alkanes of at least 4 members (excludes halogenated alkanes) is 15. The van der Waals surface area contributed by atoms with Crippen molar-refractivity contribution in [1.29, 1.82) is 0 Å². The molecule has 4 aromatic rings. The molecule has 0 amide bonds. The summed E-state index contributed by atoms with van der Waals surface area (Å²) in [6.07, 6.45) is 27.6. The second-order valence-corrected chi connectivity index (χ2v) is 23.0. The number of rotatable bonds is 39. The Kier molecular flexibility index (Phi) is 35.4. The molecule has 0 N–H and O–H groups in total. The summed E-state index contributed by atoms with van der Waals surface area (Å²) in [5, 5.41) is -1.43. The standard InChI is InChI=1S/C34H49ClO5.C33H47ClO5/c1-5-6-7-8-9-10-11-12-13-25-38-29-21-23-31(24-22-29)39-33(36)28-17-19-30(20-18-28)40-34(37)32(35)27(4)16-14-15-26(2)3;1-5-6-7-8-9-10-11-12-24-37-28-20-22-30(23-21-28)38-32(35)27-16-18-29(19-17-27)39-33(36)31(34)26(4)15-13-14-25(2)3/h17-24,26-27,32H,5-16,25H2,1-4H3;16-23,25-26,31H,5-15,24H2,1-4H3. The molecular weight excluding hydrogens is 1040 g/mol. The van der Waals surface area contributed by atoms with Crippen LogP contribution in [0.4, 0.5) is 0 Å². The van der Waals surface area contributed by atoms with Crippen molar-refractivity contribution < 1.29 is 47.6 Å². The molecule has 0 aliphatic heterocycles. The van der Waals surface area contributed by atoms with Crippen molar-refractivity contribution in [2.75, 3.05) is 13.2 Å². The van der Waals surface area contributed by atoms with Gasteiger partial charge in [-0.3, -0.25) is 9.59 Å². The molecule has 12 heteroatoms. The van der Waals surface area contributed by atoms with E-state index >= 15 is 0 Å². The fraction of sp³-hybridized carbons (Fsp3) is 0.582. The van der Waals surface area contributed by atoms with Gasteiger partial charge in [0, 0.05) is 0 Å². The summed E-state index contributed by atoms with van der Waals surface area (Å²) in [6.45, 7) is 18.5. The number of alkyl halides is 2. The van der Waals surface area contributed by atoms with Crippen LogP contribution in [0, 0.1) is 23.7 Å². The Morgan fingerprint density at radius 1 is 0.342 bits per heavy atom. The summed E-state index contributed by atoms with van der Waals surface area (Å²) in [6, 6.07) is 26.7. The minimum Gasteiger partial charge on any atom is -0.494 e. The van der Waals surface area contributed by atoms with E-state index in [0.29, 0.717) is 59.2 Å². The third-order valence-electron chi connectivity index (χ3n) is 13.8. The third-order valence-corrected chi connectivity index (χ3v) is 15.0. The molecule has 0 saturated carbocycles. The average molecular weight is 1130 g/mol. The van der Waals surface area contributed by atoms with Gasteiger partial charge in [-0.25, -0.2) is 9.59 Å². The second-order valence-electron chi connectivity index (χ2n) is 22.0. The fourth-order valence-corrected chi connectivity index (χ4v) is 9.03. The summed E-state index contributed by atoms with van der Waals surface area (Å²) in [5.41, 5.74) is 0.712. The molecule has 10 nitrogen and oxygen atoms in total. The second kappa shape index (κ2) is 41.0. The highest BCUT2D eigenvalue weighted by Gasteiger charge is 2.26. The number of esters is 4. The van der Waals surface area contributed by atoms with E-state index in [1.165, 1.54) is 96.3 Å². The molecule has 0 radical (unpaired) electrons. The van der Waals surface area contributed by atoms with Gasteiger partial charge in [0.1, 0.15) is 45.3 Å². The quantitative estimate of drug-likeness (QED) is 0.0185. The zero-order valence-corrected chi connectivity index (χ0v) is 50.7. The van der Waals surface area contributed by atoms with Gasteiger partial charge in [-0.05, 0) is 146 Å². The van der Waals surface area contributed by atoms with Crippen molar-refractivity contribution in [2.45, 2.75) is 214 Å². The summed E-state index contributed by atoms with van der Waals surface area (Å²) in [5.74, 6) is 2.45. The molecule has 0 saturated heterocycles. The van der Waals surface area contributed by atoms with E-state index in [1.54, 1.807) is 72.8 Å². The van der Waals surface area contributed by atoms with Crippen molar-refractivity contribution in [2.24, 2.45) is 23.7 Å². The van der Waals surface area contributed by atoms with Gasteiger partial charge in [0.15, 0.2) is 0 Å². The van der Waals surface area contributed by atoms with Crippen LogP contribution in [0.25, 0.3) is 0 Å². The van der Waals surface area contributed by atoms with Gasteiger partial charge in [0.25, 0.3) is 0 Å². The average Bonchev–Trinajstić information content (AvgIpc) is 3.44. The topological polar surface area (TPSA) is 124 Å². The SMILES string of the molecule is CCCCCCCCCCCOc1ccc(OC(=O)c2ccc(OC(=O)C(Cl)C(C)CCCC(C)C)cc2)cc1.CCCCCCCCCCOc1ccc(OC(=O)c2ccc(OC(=O)C(Cl)C(C)CCCC(C)C)cc2)cc1. The van der Waals surface area contributed by atoms with Gasteiger partial charge in [-0.1, -0.05) is 177 Å². The smallest absolute Gasteiger partial charge is 0.343 e. The number of halogens is 2. The third kappa shape index (κ3) is 30.4. The lowest BCUT2D eigenvalue weighted by atomic mass is 9.97. The number of hydrogen-bond donors (Lipinski definition) is 0. The van der Waals surface area contributed by atoms with E-state index in [4.69, 9.17) is 51.6 Å². The Balaban J connectivity index is 0.000000415. The predicted molar refractivity (Wildman–Crippen MR) is 323 cm³/mol. The number of carbonyl (C=O) groups is 4. The van der Waals surface area contributed by atoms with Gasteiger partial charge >= 0.3 is 23.9 Å². The molecule has 0 bridgehead atoms. The van der Waals surface area contributed by atoms with Crippen LogP contribution in [0.1, 0.15) is 224 Å². The highest BCUT2D eigenvalue weighted by molar-refractivity contribution is 6.30. The van der Waals surface area contributed by atoms with E-state index < -0.39 is 34.6 Å². The highest BCUT2D eigenvalue weighted by atomic mass is 35.5. The molecule has 79 heavy (non-hydrogen) atoms. The van der Waals surface area contributed by atoms with Gasteiger partial charge in [-0.2, -0.15) is 0 Å². The molecule has 0 aliphatic rings.